The molecule has 0 amide bonds. The third kappa shape index (κ3) is 2.27. The maximum atomic E-state index is 5.16. The fraction of sp³-hybridized carbons (Fsp3) is 0.333. The summed E-state index contributed by atoms with van der Waals surface area (Å²) in [5, 5.41) is 3.40. The molecule has 2 heteroatoms. The minimum atomic E-state index is 0.380. The number of hydrogen-bond donors (Lipinski definition) is 1. The third-order valence-corrected chi connectivity index (χ3v) is 3.58. The Bertz CT molecular complexity index is 457. The molecule has 0 bridgehead atoms. The Morgan fingerprint density at radius 1 is 1.00 bits per heavy atom. The van der Waals surface area contributed by atoms with Gasteiger partial charge in [0.05, 0.1) is 12.5 Å². The van der Waals surface area contributed by atoms with Crippen LogP contribution in [-0.2, 0) is 12.8 Å². The van der Waals surface area contributed by atoms with E-state index in [0.29, 0.717) is 5.41 Å². The maximum absolute atomic E-state index is 5.16. The molecule has 0 atom stereocenters. The number of hydrogen-bond acceptors (Lipinski definition) is 2. The predicted molar refractivity (Wildman–Crippen MR) is 67.9 cm³/mol. The Hall–Kier alpha value is -1.54. The summed E-state index contributed by atoms with van der Waals surface area (Å²) in [6.07, 6.45) is 5.88. The van der Waals surface area contributed by atoms with Crippen LogP contribution in [0.3, 0.4) is 0 Å². The summed E-state index contributed by atoms with van der Waals surface area (Å²) < 4.78 is 5.16. The minimum Gasteiger partial charge on any atom is -0.472 e. The molecule has 1 saturated heterocycles. The highest BCUT2D eigenvalue weighted by atomic mass is 16.3. The molecule has 0 aliphatic carbocycles. The zero-order valence-electron chi connectivity index (χ0n) is 9.86. The average molecular weight is 227 g/mol. The molecule has 1 aliphatic rings. The topological polar surface area (TPSA) is 25.2 Å². The van der Waals surface area contributed by atoms with Crippen molar-refractivity contribution < 1.29 is 4.42 Å². The van der Waals surface area contributed by atoms with Crippen molar-refractivity contribution in [2.75, 3.05) is 13.1 Å². The molecule has 2 aromatic rings. The average Bonchev–Trinajstić information content (AvgIpc) is 2.80. The van der Waals surface area contributed by atoms with E-state index in [1.165, 1.54) is 11.1 Å². The van der Waals surface area contributed by atoms with E-state index < -0.39 is 0 Å². The summed E-state index contributed by atoms with van der Waals surface area (Å²) in [6.45, 7) is 2.21. The normalized spacial score (nSPS) is 17.6. The second-order valence-corrected chi connectivity index (χ2v) is 5.07. The molecular weight excluding hydrogens is 210 g/mol. The van der Waals surface area contributed by atoms with Crippen LogP contribution in [0.15, 0.2) is 53.3 Å². The highest BCUT2D eigenvalue weighted by Gasteiger charge is 2.37. The number of rotatable bonds is 4. The van der Waals surface area contributed by atoms with Crippen LogP contribution in [0.4, 0.5) is 0 Å². The first-order valence-corrected chi connectivity index (χ1v) is 6.12. The van der Waals surface area contributed by atoms with Gasteiger partial charge in [-0.1, -0.05) is 30.3 Å². The molecule has 1 aromatic heterocycles. The van der Waals surface area contributed by atoms with Gasteiger partial charge in [0.15, 0.2) is 0 Å². The first kappa shape index (κ1) is 10.6. The highest BCUT2D eigenvalue weighted by molar-refractivity contribution is 5.20. The van der Waals surface area contributed by atoms with Crippen molar-refractivity contribution in [1.82, 2.24) is 5.32 Å². The SMILES string of the molecule is c1ccc(CC2(Cc3ccoc3)CNC2)cc1. The number of benzene rings is 1. The third-order valence-electron chi connectivity index (χ3n) is 3.58. The Morgan fingerprint density at radius 2 is 1.76 bits per heavy atom. The van der Waals surface area contributed by atoms with Gasteiger partial charge in [-0.25, -0.2) is 0 Å². The van der Waals surface area contributed by atoms with Gasteiger partial charge in [0.1, 0.15) is 0 Å². The first-order valence-electron chi connectivity index (χ1n) is 6.12. The van der Waals surface area contributed by atoms with Crippen molar-refractivity contribution in [3.8, 4) is 0 Å². The quantitative estimate of drug-likeness (QED) is 0.868. The van der Waals surface area contributed by atoms with Gasteiger partial charge in [0.2, 0.25) is 0 Å². The fourth-order valence-corrected chi connectivity index (χ4v) is 2.65. The molecule has 3 rings (SSSR count). The summed E-state index contributed by atoms with van der Waals surface area (Å²) in [7, 11) is 0. The smallest absolute Gasteiger partial charge is 0.0934 e. The van der Waals surface area contributed by atoms with Gasteiger partial charge in [0.25, 0.3) is 0 Å². The summed E-state index contributed by atoms with van der Waals surface area (Å²) in [4.78, 5) is 0. The van der Waals surface area contributed by atoms with Crippen LogP contribution >= 0.6 is 0 Å². The van der Waals surface area contributed by atoms with Gasteiger partial charge in [-0.2, -0.15) is 0 Å². The highest BCUT2D eigenvalue weighted by Crippen LogP contribution is 2.32. The van der Waals surface area contributed by atoms with Gasteiger partial charge < -0.3 is 9.73 Å². The van der Waals surface area contributed by atoms with E-state index in [0.717, 1.165) is 25.9 Å². The van der Waals surface area contributed by atoms with Crippen LogP contribution < -0.4 is 5.32 Å². The van der Waals surface area contributed by atoms with Gasteiger partial charge in [-0.05, 0) is 30.0 Å². The van der Waals surface area contributed by atoms with E-state index in [4.69, 9.17) is 4.42 Å². The number of nitrogens with one attached hydrogen (secondary N) is 1. The van der Waals surface area contributed by atoms with Crippen molar-refractivity contribution in [2.24, 2.45) is 5.41 Å². The molecule has 1 N–H and O–H groups in total. The fourth-order valence-electron chi connectivity index (χ4n) is 2.65. The summed E-state index contributed by atoms with van der Waals surface area (Å²) in [5.41, 5.74) is 3.12. The van der Waals surface area contributed by atoms with Gasteiger partial charge in [-0.15, -0.1) is 0 Å². The summed E-state index contributed by atoms with van der Waals surface area (Å²) >= 11 is 0. The van der Waals surface area contributed by atoms with Crippen LogP contribution in [0.5, 0.6) is 0 Å². The Balaban J connectivity index is 1.74. The molecule has 1 aliphatic heterocycles. The van der Waals surface area contributed by atoms with Crippen molar-refractivity contribution in [3.05, 3.63) is 60.1 Å². The minimum absolute atomic E-state index is 0.380. The van der Waals surface area contributed by atoms with Crippen LogP contribution in [0.1, 0.15) is 11.1 Å². The lowest BCUT2D eigenvalue weighted by atomic mass is 9.72. The summed E-state index contributed by atoms with van der Waals surface area (Å²) in [5.74, 6) is 0. The molecule has 0 unspecified atom stereocenters. The molecule has 0 spiro atoms. The lowest BCUT2D eigenvalue weighted by Gasteiger charge is -2.43. The van der Waals surface area contributed by atoms with Gasteiger partial charge in [0, 0.05) is 18.5 Å². The molecule has 17 heavy (non-hydrogen) atoms. The monoisotopic (exact) mass is 227 g/mol. The second kappa shape index (κ2) is 4.38. The molecule has 0 radical (unpaired) electrons. The molecule has 2 nitrogen and oxygen atoms in total. The molecule has 0 saturated carbocycles. The lowest BCUT2D eigenvalue weighted by Crippen LogP contribution is -2.55. The molecule has 1 fully saturated rings. The van der Waals surface area contributed by atoms with E-state index in [1.54, 1.807) is 6.26 Å². The lowest BCUT2D eigenvalue weighted by molar-refractivity contribution is 0.166. The van der Waals surface area contributed by atoms with Crippen LogP contribution in [0.2, 0.25) is 0 Å². The van der Waals surface area contributed by atoms with Crippen molar-refractivity contribution in [1.29, 1.82) is 0 Å². The Morgan fingerprint density at radius 3 is 2.35 bits per heavy atom. The van der Waals surface area contributed by atoms with Crippen molar-refractivity contribution in [2.45, 2.75) is 12.8 Å². The molecule has 2 heterocycles. The van der Waals surface area contributed by atoms with E-state index in [1.807, 2.05) is 6.26 Å². The van der Waals surface area contributed by atoms with Gasteiger partial charge in [-0.3, -0.25) is 0 Å². The molecule has 1 aromatic carbocycles. The zero-order chi connectivity index (χ0) is 11.6. The molecule has 88 valence electrons. The van der Waals surface area contributed by atoms with Gasteiger partial charge >= 0.3 is 0 Å². The Labute approximate surface area is 102 Å². The summed E-state index contributed by atoms with van der Waals surface area (Å²) in [6, 6.07) is 12.8. The predicted octanol–water partition coefficient (Wildman–Crippen LogP) is 2.65. The van der Waals surface area contributed by atoms with Crippen LogP contribution in [0.25, 0.3) is 0 Å². The van der Waals surface area contributed by atoms with Crippen molar-refractivity contribution >= 4 is 0 Å². The van der Waals surface area contributed by atoms with E-state index in [2.05, 4.69) is 41.7 Å². The van der Waals surface area contributed by atoms with E-state index in [9.17, 15) is 0 Å². The van der Waals surface area contributed by atoms with Crippen molar-refractivity contribution in [3.63, 3.8) is 0 Å². The van der Waals surface area contributed by atoms with E-state index in [-0.39, 0.29) is 0 Å². The Kier molecular flexibility index (Phi) is 2.73. The largest absolute Gasteiger partial charge is 0.472 e. The zero-order valence-corrected chi connectivity index (χ0v) is 9.86. The van der Waals surface area contributed by atoms with Crippen LogP contribution in [-0.4, -0.2) is 13.1 Å². The second-order valence-electron chi connectivity index (χ2n) is 5.07. The standard InChI is InChI=1S/C15H17NO/c1-2-4-13(5-3-1)8-15(11-16-12-15)9-14-6-7-17-10-14/h1-7,10,16H,8-9,11-12H2. The first-order chi connectivity index (χ1) is 8.36. The van der Waals surface area contributed by atoms with E-state index >= 15 is 0 Å². The molecular formula is C15H17NO. The maximum Gasteiger partial charge on any atom is 0.0934 e. The number of furan rings is 1. The van der Waals surface area contributed by atoms with Crippen LogP contribution in [0, 0.1) is 5.41 Å².